The van der Waals surface area contributed by atoms with Gasteiger partial charge in [-0.2, -0.15) is 0 Å². The van der Waals surface area contributed by atoms with E-state index in [-0.39, 0.29) is 0 Å². The maximum Gasteiger partial charge on any atom is 0.338 e. The van der Waals surface area contributed by atoms with Crippen LogP contribution < -0.4 is 0 Å². The van der Waals surface area contributed by atoms with Crippen molar-refractivity contribution in [1.29, 1.82) is 0 Å². The normalized spacial score (nSPS) is 11.8. The van der Waals surface area contributed by atoms with Crippen LogP contribution in [-0.4, -0.2) is 11.9 Å². The molecule has 0 saturated carbocycles. The average Bonchev–Trinajstić information content (AvgIpc) is 2.54. The van der Waals surface area contributed by atoms with Gasteiger partial charge in [-0.05, 0) is 6.42 Å². The number of carbonyl (C=O) groups is 2. The maximum absolute atomic E-state index is 9.92. The highest BCUT2D eigenvalue weighted by molar-refractivity contribution is 6.04. The van der Waals surface area contributed by atoms with Gasteiger partial charge in [0.15, 0.2) is 0 Å². The molecule has 3 heteroatoms. The van der Waals surface area contributed by atoms with Gasteiger partial charge in [0.05, 0.1) is 0 Å². The molecule has 0 aromatic rings. The molecule has 3 nitrogen and oxygen atoms in total. The summed E-state index contributed by atoms with van der Waals surface area (Å²) >= 11 is 0. The predicted molar refractivity (Wildman–Crippen MR) is 52.0 cm³/mol. The van der Waals surface area contributed by atoms with Gasteiger partial charge in [-0.25, -0.2) is 9.59 Å². The van der Waals surface area contributed by atoms with Crippen LogP contribution in [0.15, 0.2) is 38.0 Å². The zero-order valence-electron chi connectivity index (χ0n) is 7.79. The fourth-order valence-electron chi connectivity index (χ4n) is 0.303. The summed E-state index contributed by atoms with van der Waals surface area (Å²) in [7, 11) is 0. The standard InChI is InChI=1S/C4H2O3.C4H8.C2H4/c5-3-1-2-4(6)7-3;1-3-4-2;1-2/h1-2H;3H,1,4H2,2H3;1-2H2. The van der Waals surface area contributed by atoms with Gasteiger partial charge in [0.2, 0.25) is 0 Å². The number of cyclic esters (lactones) is 2. The van der Waals surface area contributed by atoms with Crippen LogP contribution in [0.4, 0.5) is 0 Å². The highest BCUT2D eigenvalue weighted by atomic mass is 16.6. The Kier molecular flexibility index (Phi) is 11.1. The van der Waals surface area contributed by atoms with E-state index in [0.717, 1.165) is 18.6 Å². The Balaban J connectivity index is 0. The molecular weight excluding hydrogens is 168 g/mol. The molecule has 0 spiro atoms. The van der Waals surface area contributed by atoms with Gasteiger partial charge in [-0.3, -0.25) is 0 Å². The lowest BCUT2D eigenvalue weighted by molar-refractivity contribution is -0.150. The summed E-state index contributed by atoms with van der Waals surface area (Å²) in [6.07, 6.45) is 5.13. The van der Waals surface area contributed by atoms with E-state index in [9.17, 15) is 9.59 Å². The Hall–Kier alpha value is -1.64. The van der Waals surface area contributed by atoms with E-state index >= 15 is 0 Å². The zero-order chi connectivity index (χ0) is 10.7. The monoisotopic (exact) mass is 182 g/mol. The van der Waals surface area contributed by atoms with Crippen LogP contribution in [0.3, 0.4) is 0 Å². The third-order valence-electron chi connectivity index (χ3n) is 0.845. The van der Waals surface area contributed by atoms with Gasteiger partial charge in [-0.1, -0.05) is 13.0 Å². The fraction of sp³-hybridized carbons (Fsp3) is 0.200. The molecule has 0 bridgehead atoms. The van der Waals surface area contributed by atoms with Crippen molar-refractivity contribution in [3.63, 3.8) is 0 Å². The molecule has 0 atom stereocenters. The fourth-order valence-corrected chi connectivity index (χ4v) is 0.303. The van der Waals surface area contributed by atoms with Crippen LogP contribution in [0.2, 0.25) is 0 Å². The molecule has 0 saturated heterocycles. The molecule has 0 fully saturated rings. The number of rotatable bonds is 1. The molecule has 72 valence electrons. The van der Waals surface area contributed by atoms with E-state index in [2.05, 4.69) is 31.4 Å². The minimum atomic E-state index is -0.579. The third kappa shape index (κ3) is 10.4. The molecule has 1 aliphatic rings. The Bertz CT molecular complexity index is 188. The van der Waals surface area contributed by atoms with Crippen LogP contribution >= 0.6 is 0 Å². The number of allylic oxidation sites excluding steroid dienone is 1. The molecule has 0 amide bonds. The maximum atomic E-state index is 9.92. The molecule has 0 aromatic heterocycles. The highest BCUT2D eigenvalue weighted by Gasteiger charge is 2.10. The lowest BCUT2D eigenvalue weighted by atomic mass is 10.5. The molecule has 0 radical (unpaired) electrons. The van der Waals surface area contributed by atoms with E-state index in [4.69, 9.17) is 0 Å². The van der Waals surface area contributed by atoms with Crippen LogP contribution in [0.1, 0.15) is 13.3 Å². The van der Waals surface area contributed by atoms with E-state index in [0.29, 0.717) is 0 Å². The van der Waals surface area contributed by atoms with Crippen LogP contribution in [-0.2, 0) is 14.3 Å². The second-order valence-electron chi connectivity index (χ2n) is 1.77. The largest absolute Gasteiger partial charge is 0.387 e. The SMILES string of the molecule is C=C.C=CCC.O=C1C=CC(=O)O1. The van der Waals surface area contributed by atoms with Gasteiger partial charge in [-0.15, -0.1) is 19.7 Å². The summed E-state index contributed by atoms with van der Waals surface area (Å²) in [6, 6.07) is 0. The van der Waals surface area contributed by atoms with Gasteiger partial charge in [0, 0.05) is 12.2 Å². The van der Waals surface area contributed by atoms with Gasteiger partial charge in [0.1, 0.15) is 0 Å². The molecule has 1 heterocycles. The Labute approximate surface area is 78.4 Å². The molecule has 13 heavy (non-hydrogen) atoms. The molecule has 0 unspecified atom stereocenters. The first-order valence-electron chi connectivity index (χ1n) is 3.75. The number of carbonyl (C=O) groups excluding carboxylic acids is 2. The number of hydrogen-bond acceptors (Lipinski definition) is 3. The van der Waals surface area contributed by atoms with E-state index < -0.39 is 11.9 Å². The average molecular weight is 182 g/mol. The van der Waals surface area contributed by atoms with Gasteiger partial charge >= 0.3 is 11.9 Å². The van der Waals surface area contributed by atoms with Crippen molar-refractivity contribution >= 4 is 11.9 Å². The van der Waals surface area contributed by atoms with Crippen molar-refractivity contribution in [2.75, 3.05) is 0 Å². The van der Waals surface area contributed by atoms with Gasteiger partial charge < -0.3 is 4.74 Å². The molecule has 0 N–H and O–H groups in total. The van der Waals surface area contributed by atoms with Crippen LogP contribution in [0.25, 0.3) is 0 Å². The summed E-state index contributed by atoms with van der Waals surface area (Å²) in [5.41, 5.74) is 0. The zero-order valence-corrected chi connectivity index (χ0v) is 7.79. The number of hydrogen-bond donors (Lipinski definition) is 0. The highest BCUT2D eigenvalue weighted by Crippen LogP contribution is 1.92. The molecular formula is C10H14O3. The number of ether oxygens (including phenoxy) is 1. The summed E-state index contributed by atoms with van der Waals surface area (Å²) < 4.78 is 3.97. The topological polar surface area (TPSA) is 43.4 Å². The first-order chi connectivity index (χ1) is 6.20. The summed E-state index contributed by atoms with van der Waals surface area (Å²) in [6.45, 7) is 11.5. The quantitative estimate of drug-likeness (QED) is 0.354. The molecule has 1 aliphatic heterocycles. The van der Waals surface area contributed by atoms with Crippen molar-refractivity contribution in [3.8, 4) is 0 Å². The Morgan fingerprint density at radius 3 is 1.69 bits per heavy atom. The molecule has 0 aromatic carbocycles. The summed E-state index contributed by atoms with van der Waals surface area (Å²) in [5.74, 6) is -1.16. The molecule has 0 aliphatic carbocycles. The van der Waals surface area contributed by atoms with Crippen molar-refractivity contribution in [1.82, 2.24) is 0 Å². The second-order valence-corrected chi connectivity index (χ2v) is 1.77. The van der Waals surface area contributed by atoms with E-state index in [1.807, 2.05) is 6.08 Å². The lowest BCUT2D eigenvalue weighted by Crippen LogP contribution is -1.96. The minimum Gasteiger partial charge on any atom is -0.387 e. The smallest absolute Gasteiger partial charge is 0.338 e. The minimum absolute atomic E-state index is 0.579. The predicted octanol–water partition coefficient (Wildman–Crippen LogP) is 2.01. The summed E-state index contributed by atoms with van der Waals surface area (Å²) in [5, 5.41) is 0. The van der Waals surface area contributed by atoms with Crippen molar-refractivity contribution < 1.29 is 14.3 Å². The van der Waals surface area contributed by atoms with E-state index in [1.165, 1.54) is 0 Å². The van der Waals surface area contributed by atoms with Crippen molar-refractivity contribution in [2.45, 2.75) is 13.3 Å². The number of esters is 2. The first kappa shape index (κ1) is 13.9. The lowest BCUT2D eigenvalue weighted by Gasteiger charge is -1.80. The van der Waals surface area contributed by atoms with E-state index in [1.54, 1.807) is 0 Å². The van der Waals surface area contributed by atoms with Crippen LogP contribution in [0.5, 0.6) is 0 Å². The van der Waals surface area contributed by atoms with Crippen molar-refractivity contribution in [2.24, 2.45) is 0 Å². The second kappa shape index (κ2) is 10.4. The Morgan fingerprint density at radius 2 is 1.62 bits per heavy atom. The first-order valence-corrected chi connectivity index (χ1v) is 3.75. The van der Waals surface area contributed by atoms with Crippen LogP contribution in [0, 0.1) is 0 Å². The van der Waals surface area contributed by atoms with Crippen molar-refractivity contribution in [3.05, 3.63) is 38.0 Å². The molecule has 1 rings (SSSR count). The summed E-state index contributed by atoms with van der Waals surface area (Å²) in [4.78, 5) is 19.8. The third-order valence-corrected chi connectivity index (χ3v) is 0.845. The Morgan fingerprint density at radius 1 is 1.31 bits per heavy atom. The van der Waals surface area contributed by atoms with Gasteiger partial charge in [0.25, 0.3) is 0 Å².